The maximum absolute atomic E-state index is 14.5. The molecule has 1 aromatic carbocycles. The highest BCUT2D eigenvalue weighted by Gasteiger charge is 2.53. The largest absolute Gasteiger partial charge is 0.459 e. The molecule has 426 valence electrons. The molecular formula is C53H86F2N6O14. The molecule has 0 saturated carbocycles. The summed E-state index contributed by atoms with van der Waals surface area (Å²) in [6, 6.07) is 1.87. The van der Waals surface area contributed by atoms with Crippen LogP contribution in [0.4, 0.5) is 19.3 Å². The van der Waals surface area contributed by atoms with E-state index in [4.69, 9.17) is 33.2 Å². The van der Waals surface area contributed by atoms with E-state index in [1.165, 1.54) is 18.9 Å². The maximum Gasteiger partial charge on any atom is 0.414 e. The number of hydrogen-bond donors (Lipinski definition) is 5. The Morgan fingerprint density at radius 1 is 0.907 bits per heavy atom. The number of aliphatic hydroxyl groups excluding tert-OH is 3. The summed E-state index contributed by atoms with van der Waals surface area (Å²) in [6.45, 7) is 18.7. The van der Waals surface area contributed by atoms with Gasteiger partial charge in [-0.2, -0.15) is 0 Å². The molecule has 1 aromatic heterocycles. The van der Waals surface area contributed by atoms with E-state index in [1.807, 2.05) is 32.8 Å². The fourth-order valence-electron chi connectivity index (χ4n) is 11.8. The number of hydrogen-bond acceptors (Lipinski definition) is 18. The molecule has 4 aliphatic heterocycles. The highest BCUT2D eigenvalue weighted by molar-refractivity contribution is 5.89. The number of esters is 1. The number of aromatic nitrogens is 3. The van der Waals surface area contributed by atoms with Crippen molar-refractivity contribution in [1.29, 1.82) is 0 Å². The van der Waals surface area contributed by atoms with Crippen LogP contribution in [0.3, 0.4) is 0 Å². The molecule has 22 heteroatoms. The third-order valence-corrected chi connectivity index (χ3v) is 16.3. The van der Waals surface area contributed by atoms with E-state index >= 15 is 0 Å². The molecule has 20 nitrogen and oxygen atoms in total. The summed E-state index contributed by atoms with van der Waals surface area (Å²) in [5.74, 6) is -4.46. The molecule has 0 bridgehead atoms. The lowest BCUT2D eigenvalue weighted by Crippen LogP contribution is -2.60. The number of anilines is 1. The molecule has 6 rings (SSSR count). The number of halogens is 2. The highest BCUT2D eigenvalue weighted by Crippen LogP contribution is 2.40. The first-order chi connectivity index (χ1) is 35.1. The number of ether oxygens (including phenoxy) is 7. The predicted octanol–water partition coefficient (Wildman–Crippen LogP) is 4.19. The Balaban J connectivity index is 1.18. The standard InChI is InChI=1S/C53H86F2N6O14/c1-14-41-53(10,68)45(63)33(6)59(12)25-29(2)23-51(8,67)47(31(4)44(32(5)48(65)73-41)74-42-24-52(9,69-13)46(64)34(7)71-42)75-49-43(62)40(19-30(3)70-49)58(11)18-16-15-17-37-26-60(57-56-37)27-39-28-61(50(66)72-39)38-21-35(54)20-36(55)22-38/h20-22,26,29-34,39-47,49,62-64,67-68H,14-19,23-25,27-28H2,1-13H3/t29-,30-,31+,32-,33-,34+,39?,40+,41-,42+,43-,44+,45-,46+,47-,49+,51-,52-,53-/m1/s1. The fraction of sp³-hybridized carbons (Fsp3) is 0.811. The van der Waals surface area contributed by atoms with E-state index in [1.54, 1.807) is 59.3 Å². The van der Waals surface area contributed by atoms with Gasteiger partial charge in [-0.05, 0) is 126 Å². The van der Waals surface area contributed by atoms with Gasteiger partial charge in [0.2, 0.25) is 0 Å². The van der Waals surface area contributed by atoms with Crippen LogP contribution in [0.2, 0.25) is 0 Å². The van der Waals surface area contributed by atoms with Gasteiger partial charge in [0.05, 0.1) is 66.0 Å². The van der Waals surface area contributed by atoms with Crippen molar-refractivity contribution in [2.24, 2.45) is 17.8 Å². The normalized spacial score (nSPS) is 40.0. The van der Waals surface area contributed by atoms with Gasteiger partial charge in [0.15, 0.2) is 12.6 Å². The molecule has 19 atom stereocenters. The maximum atomic E-state index is 14.5. The molecule has 0 aliphatic carbocycles. The molecule has 4 aliphatic rings. The van der Waals surface area contributed by atoms with Gasteiger partial charge in [-0.3, -0.25) is 9.69 Å². The zero-order valence-electron chi connectivity index (χ0n) is 46.2. The van der Waals surface area contributed by atoms with Gasteiger partial charge in [-0.1, -0.05) is 26.0 Å². The zero-order valence-corrected chi connectivity index (χ0v) is 46.2. The molecular weight excluding hydrogens is 983 g/mol. The van der Waals surface area contributed by atoms with Crippen LogP contribution in [-0.2, 0) is 50.9 Å². The second-order valence-electron chi connectivity index (χ2n) is 22.8. The van der Waals surface area contributed by atoms with Crippen LogP contribution in [0.15, 0.2) is 24.4 Å². The quantitative estimate of drug-likeness (QED) is 0.124. The molecule has 75 heavy (non-hydrogen) atoms. The Hall–Kier alpha value is -3.52. The van der Waals surface area contributed by atoms with E-state index in [9.17, 15) is 43.9 Å². The van der Waals surface area contributed by atoms with Crippen molar-refractivity contribution < 1.29 is 77.1 Å². The first-order valence-electron chi connectivity index (χ1n) is 26.7. The molecule has 4 saturated heterocycles. The van der Waals surface area contributed by atoms with Gasteiger partial charge in [-0.15, -0.1) is 5.10 Å². The van der Waals surface area contributed by atoms with Gasteiger partial charge in [0, 0.05) is 50.3 Å². The Labute approximate surface area is 440 Å². The van der Waals surface area contributed by atoms with Crippen molar-refractivity contribution in [3.05, 3.63) is 41.7 Å². The van der Waals surface area contributed by atoms with E-state index in [-0.39, 0.29) is 50.1 Å². The van der Waals surface area contributed by atoms with Crippen LogP contribution in [0.1, 0.15) is 113 Å². The van der Waals surface area contributed by atoms with Gasteiger partial charge in [0.25, 0.3) is 0 Å². The van der Waals surface area contributed by atoms with Gasteiger partial charge in [-0.25, -0.2) is 18.3 Å². The second kappa shape index (κ2) is 25.1. The van der Waals surface area contributed by atoms with Gasteiger partial charge < -0.3 is 68.5 Å². The molecule has 1 amide bonds. The van der Waals surface area contributed by atoms with Crippen LogP contribution in [0.25, 0.3) is 0 Å². The van der Waals surface area contributed by atoms with E-state index in [0.29, 0.717) is 25.9 Å². The number of likely N-dealkylation sites (N-methyl/N-ethyl adjacent to an activating group) is 2. The molecule has 5 heterocycles. The number of unbranched alkanes of at least 4 members (excludes halogenated alkanes) is 1. The summed E-state index contributed by atoms with van der Waals surface area (Å²) >= 11 is 0. The number of methoxy groups -OCH3 is 1. The number of aryl methyl sites for hydroxylation is 1. The Kier molecular flexibility index (Phi) is 20.3. The smallest absolute Gasteiger partial charge is 0.414 e. The van der Waals surface area contributed by atoms with Crippen LogP contribution in [0, 0.1) is 29.4 Å². The van der Waals surface area contributed by atoms with Crippen LogP contribution >= 0.6 is 0 Å². The number of amides is 1. The van der Waals surface area contributed by atoms with Crippen LogP contribution < -0.4 is 4.90 Å². The average Bonchev–Trinajstić information content (AvgIpc) is 3.95. The summed E-state index contributed by atoms with van der Waals surface area (Å²) < 4.78 is 73.0. The topological polar surface area (TPSA) is 240 Å². The predicted molar refractivity (Wildman–Crippen MR) is 270 cm³/mol. The molecule has 5 N–H and O–H groups in total. The van der Waals surface area contributed by atoms with E-state index < -0.39 is 126 Å². The Bertz CT molecular complexity index is 2170. The number of carbonyl (C=O) groups is 2. The first kappa shape index (κ1) is 60.7. The average molecular weight is 1070 g/mol. The summed E-state index contributed by atoms with van der Waals surface area (Å²) in [5, 5.41) is 68.2. The lowest BCUT2D eigenvalue weighted by atomic mass is 9.77. The Morgan fingerprint density at radius 3 is 2.24 bits per heavy atom. The van der Waals surface area contributed by atoms with Gasteiger partial charge in [0.1, 0.15) is 47.8 Å². The molecule has 4 fully saturated rings. The first-order valence-corrected chi connectivity index (χ1v) is 26.7. The number of nitrogens with zero attached hydrogens (tertiary/aromatic N) is 6. The molecule has 2 aromatic rings. The lowest BCUT2D eigenvalue weighted by molar-refractivity contribution is -0.318. The minimum Gasteiger partial charge on any atom is -0.459 e. The Morgan fingerprint density at radius 2 is 1.59 bits per heavy atom. The van der Waals surface area contributed by atoms with Crippen LogP contribution in [0.5, 0.6) is 0 Å². The minimum atomic E-state index is -1.85. The lowest BCUT2D eigenvalue weighted by Gasteiger charge is -2.49. The molecule has 0 spiro atoms. The second-order valence-corrected chi connectivity index (χ2v) is 22.8. The number of benzene rings is 1. The van der Waals surface area contributed by atoms with Crippen molar-refractivity contribution in [2.45, 2.75) is 217 Å². The summed E-state index contributed by atoms with van der Waals surface area (Å²) in [7, 11) is 5.24. The van der Waals surface area contributed by atoms with Crippen molar-refractivity contribution >= 4 is 17.7 Å². The van der Waals surface area contributed by atoms with Crippen molar-refractivity contribution in [3.63, 3.8) is 0 Å². The van der Waals surface area contributed by atoms with Crippen LogP contribution in [-0.4, -0.2) is 200 Å². The number of rotatable bonds is 15. The monoisotopic (exact) mass is 1070 g/mol. The van der Waals surface area contributed by atoms with E-state index in [0.717, 1.165) is 36.7 Å². The van der Waals surface area contributed by atoms with Crippen molar-refractivity contribution in [3.8, 4) is 0 Å². The molecule has 1 unspecified atom stereocenters. The number of carbonyl (C=O) groups excluding carboxylic acids is 2. The van der Waals surface area contributed by atoms with Crippen molar-refractivity contribution in [1.82, 2.24) is 24.8 Å². The number of aliphatic hydroxyl groups is 5. The summed E-state index contributed by atoms with van der Waals surface area (Å²) in [4.78, 5) is 32.2. The third kappa shape index (κ3) is 14.4. The number of cyclic esters (lactones) is 2. The zero-order chi connectivity index (χ0) is 55.5. The summed E-state index contributed by atoms with van der Waals surface area (Å²) in [6.07, 6.45) is -6.78. The molecule has 0 radical (unpaired) electrons. The summed E-state index contributed by atoms with van der Waals surface area (Å²) in [5.41, 5.74) is -3.79. The van der Waals surface area contributed by atoms with E-state index in [2.05, 4.69) is 15.2 Å². The fourth-order valence-corrected chi connectivity index (χ4v) is 11.8. The third-order valence-electron chi connectivity index (χ3n) is 16.3. The SMILES string of the molecule is CC[C@H]1OC(=O)[C@H](C)[C@@H](O[C@H]2C[C@@](C)(OC)[C@@H](O)[C@H](C)O2)[C@H](C)[C@@H](O[C@@H]2O[C@H](C)C[C@H](N(C)CCCCc3cn(CC4CN(c5cc(F)cc(F)c5)C(=O)O4)nn3)[C@H]2O)[C@](C)(O)C[C@@H](C)CN(C)[C@H](C)[C@@H](O)[C@]1(C)O. The highest BCUT2D eigenvalue weighted by atomic mass is 19.1. The minimum absolute atomic E-state index is 0.0667. The van der Waals surface area contributed by atoms with Crippen molar-refractivity contribution in [2.75, 3.05) is 45.7 Å². The van der Waals surface area contributed by atoms with Gasteiger partial charge >= 0.3 is 12.1 Å².